The fraction of sp³-hybridized carbons (Fsp3) is 0.0833. The molecule has 0 unspecified atom stereocenters. The van der Waals surface area contributed by atoms with Crippen molar-refractivity contribution < 1.29 is 9.47 Å². The number of hydrogen-bond acceptors (Lipinski definition) is 5. The maximum atomic E-state index is 13.0. The molecule has 0 saturated heterocycles. The molecule has 154 valence electrons. The number of fused-ring (bicyclic) bond motifs is 3. The van der Waals surface area contributed by atoms with Crippen molar-refractivity contribution in [1.29, 1.82) is 0 Å². The lowest BCUT2D eigenvalue weighted by Crippen LogP contribution is -2.22. The van der Waals surface area contributed by atoms with Crippen LogP contribution in [0, 0.1) is 3.57 Å². The molecule has 0 saturated carbocycles. The normalized spacial score (nSPS) is 12.0. The van der Waals surface area contributed by atoms with E-state index in [2.05, 4.69) is 27.6 Å². The summed E-state index contributed by atoms with van der Waals surface area (Å²) in [6.45, 7) is 0.455. The highest BCUT2D eigenvalue weighted by molar-refractivity contribution is 14.1. The Morgan fingerprint density at radius 3 is 2.68 bits per heavy atom. The molecule has 7 heteroatoms. The minimum Gasteiger partial charge on any atom is -0.493 e. The summed E-state index contributed by atoms with van der Waals surface area (Å²) >= 11 is 3.62. The van der Waals surface area contributed by atoms with Crippen molar-refractivity contribution in [2.45, 2.75) is 6.61 Å². The second kappa shape index (κ2) is 8.32. The molecule has 3 aromatic carbocycles. The van der Waals surface area contributed by atoms with Gasteiger partial charge in [0.1, 0.15) is 6.61 Å². The predicted molar refractivity (Wildman–Crippen MR) is 132 cm³/mol. The van der Waals surface area contributed by atoms with E-state index >= 15 is 0 Å². The van der Waals surface area contributed by atoms with Crippen LogP contribution in [0.1, 0.15) is 11.1 Å². The minimum absolute atomic E-state index is 0.0629. The zero-order chi connectivity index (χ0) is 21.4. The number of imidazole rings is 1. The third-order valence-electron chi connectivity index (χ3n) is 4.92. The molecule has 0 bridgehead atoms. The lowest BCUT2D eigenvalue weighted by atomic mass is 10.2. The molecule has 0 fully saturated rings. The first kappa shape index (κ1) is 20.0. The van der Waals surface area contributed by atoms with Gasteiger partial charge in [-0.15, -0.1) is 0 Å². The van der Waals surface area contributed by atoms with Gasteiger partial charge in [0, 0.05) is 0 Å². The average Bonchev–Trinajstić information content (AvgIpc) is 3.29. The molecule has 5 nitrogen and oxygen atoms in total. The molecule has 0 amide bonds. The number of aromatic nitrogens is 2. The summed E-state index contributed by atoms with van der Waals surface area (Å²) < 4.78 is 14.8. The number of para-hydroxylation sites is 2. The largest absolute Gasteiger partial charge is 0.493 e. The third-order valence-corrected chi connectivity index (χ3v) is 6.69. The van der Waals surface area contributed by atoms with Crippen LogP contribution in [-0.4, -0.2) is 16.5 Å². The van der Waals surface area contributed by atoms with Crippen molar-refractivity contribution in [2.75, 3.05) is 7.11 Å². The summed E-state index contributed by atoms with van der Waals surface area (Å²) in [4.78, 5) is 18.3. The van der Waals surface area contributed by atoms with Crippen LogP contribution in [-0.2, 0) is 6.61 Å². The maximum absolute atomic E-state index is 13.0. The number of rotatable bonds is 5. The molecule has 0 radical (unpaired) electrons. The molecule has 2 aromatic heterocycles. The minimum atomic E-state index is -0.0629. The van der Waals surface area contributed by atoms with Gasteiger partial charge in [0.25, 0.3) is 5.56 Å². The molecule has 0 spiro atoms. The van der Waals surface area contributed by atoms with E-state index in [1.807, 2.05) is 72.8 Å². The van der Waals surface area contributed by atoms with Gasteiger partial charge in [0.2, 0.25) is 0 Å². The summed E-state index contributed by atoms with van der Waals surface area (Å²) in [5.74, 6) is 1.33. The first-order valence-electron chi connectivity index (χ1n) is 9.60. The van der Waals surface area contributed by atoms with E-state index in [1.54, 1.807) is 11.5 Å². The summed E-state index contributed by atoms with van der Waals surface area (Å²) in [6.07, 6.45) is 1.88. The van der Waals surface area contributed by atoms with Gasteiger partial charge in [-0.05, 0) is 64.1 Å². The molecule has 0 aliphatic heterocycles. The van der Waals surface area contributed by atoms with Crippen LogP contribution in [0.25, 0.3) is 22.1 Å². The van der Waals surface area contributed by atoms with Crippen LogP contribution in [0.4, 0.5) is 0 Å². The van der Waals surface area contributed by atoms with Gasteiger partial charge in [-0.2, -0.15) is 0 Å². The van der Waals surface area contributed by atoms with Crippen molar-refractivity contribution in [3.8, 4) is 11.5 Å². The number of ether oxygens (including phenoxy) is 2. The monoisotopic (exact) mass is 540 g/mol. The molecule has 0 aliphatic rings. The van der Waals surface area contributed by atoms with E-state index in [0.29, 0.717) is 27.6 Å². The van der Waals surface area contributed by atoms with Gasteiger partial charge < -0.3 is 9.47 Å². The van der Waals surface area contributed by atoms with E-state index in [4.69, 9.17) is 9.47 Å². The fourth-order valence-corrected chi connectivity index (χ4v) is 5.22. The van der Waals surface area contributed by atoms with Crippen LogP contribution < -0.4 is 19.6 Å². The molecule has 31 heavy (non-hydrogen) atoms. The first-order valence-corrected chi connectivity index (χ1v) is 11.5. The van der Waals surface area contributed by atoms with E-state index < -0.39 is 0 Å². The number of halogens is 1. The van der Waals surface area contributed by atoms with Crippen LogP contribution in [0.5, 0.6) is 11.5 Å². The summed E-state index contributed by atoms with van der Waals surface area (Å²) in [6, 6.07) is 21.5. The lowest BCUT2D eigenvalue weighted by Gasteiger charge is -2.13. The van der Waals surface area contributed by atoms with Crippen molar-refractivity contribution in [1.82, 2.24) is 9.38 Å². The Bertz CT molecular complexity index is 1510. The van der Waals surface area contributed by atoms with Gasteiger partial charge in [-0.1, -0.05) is 53.8 Å². The summed E-state index contributed by atoms with van der Waals surface area (Å²) in [5, 5.41) is 0. The maximum Gasteiger partial charge on any atom is 0.274 e. The number of benzene rings is 3. The number of thiazole rings is 1. The Kier molecular flexibility index (Phi) is 5.37. The Morgan fingerprint density at radius 1 is 1.10 bits per heavy atom. The predicted octanol–water partition coefficient (Wildman–Crippen LogP) is 4.65. The molecular weight excluding hydrogens is 523 g/mol. The Morgan fingerprint density at radius 2 is 1.87 bits per heavy atom. The van der Waals surface area contributed by atoms with Crippen molar-refractivity contribution in [2.24, 2.45) is 0 Å². The van der Waals surface area contributed by atoms with Crippen LogP contribution in [0.3, 0.4) is 0 Å². The standard InChI is InChI=1S/C24H17IN2O3S/c1-29-20-12-16(11-17(25)22(20)30-14-15-7-3-2-4-8-15)13-21-23(28)27-19-10-6-5-9-18(19)26-24(27)31-21/h2-13H,14H2,1H3/b21-13-. The highest BCUT2D eigenvalue weighted by atomic mass is 127. The quantitative estimate of drug-likeness (QED) is 0.305. The number of methoxy groups -OCH3 is 1. The molecule has 5 rings (SSSR count). The van der Waals surface area contributed by atoms with Crippen LogP contribution in [0.15, 0.2) is 71.5 Å². The van der Waals surface area contributed by atoms with E-state index in [9.17, 15) is 4.79 Å². The van der Waals surface area contributed by atoms with Gasteiger partial charge in [-0.3, -0.25) is 4.79 Å². The first-order chi connectivity index (χ1) is 15.1. The molecular formula is C24H17IN2O3S. The van der Waals surface area contributed by atoms with Crippen molar-refractivity contribution in [3.05, 3.63) is 96.3 Å². The van der Waals surface area contributed by atoms with E-state index in [-0.39, 0.29) is 5.56 Å². The summed E-state index contributed by atoms with van der Waals surface area (Å²) in [5.41, 5.74) is 3.55. The van der Waals surface area contributed by atoms with E-state index in [1.165, 1.54) is 11.3 Å². The Balaban J connectivity index is 1.53. The second-order valence-corrected chi connectivity index (χ2v) is 9.11. The van der Waals surface area contributed by atoms with Gasteiger partial charge in [0.05, 0.1) is 26.2 Å². The molecule has 2 heterocycles. The number of nitrogens with zero attached hydrogens (tertiary/aromatic N) is 2. The topological polar surface area (TPSA) is 52.8 Å². The van der Waals surface area contributed by atoms with Crippen molar-refractivity contribution in [3.63, 3.8) is 0 Å². The van der Waals surface area contributed by atoms with Gasteiger partial charge in [0.15, 0.2) is 16.5 Å². The molecule has 0 N–H and O–H groups in total. The Labute approximate surface area is 195 Å². The lowest BCUT2D eigenvalue weighted by molar-refractivity contribution is 0.282. The van der Waals surface area contributed by atoms with Gasteiger partial charge >= 0.3 is 0 Å². The molecule has 0 atom stereocenters. The molecule has 5 aromatic rings. The highest BCUT2D eigenvalue weighted by Gasteiger charge is 2.13. The average molecular weight is 540 g/mol. The second-order valence-electron chi connectivity index (χ2n) is 6.94. The van der Waals surface area contributed by atoms with Crippen molar-refractivity contribution >= 4 is 56.0 Å². The Hall–Kier alpha value is -2.91. The zero-order valence-electron chi connectivity index (χ0n) is 16.5. The summed E-state index contributed by atoms with van der Waals surface area (Å²) in [7, 11) is 1.62. The van der Waals surface area contributed by atoms with Gasteiger partial charge in [-0.25, -0.2) is 9.38 Å². The van der Waals surface area contributed by atoms with Crippen LogP contribution >= 0.6 is 33.9 Å². The van der Waals surface area contributed by atoms with E-state index in [0.717, 1.165) is 25.7 Å². The fourth-order valence-electron chi connectivity index (χ4n) is 3.46. The highest BCUT2D eigenvalue weighted by Crippen LogP contribution is 2.34. The third kappa shape index (κ3) is 3.79. The van der Waals surface area contributed by atoms with Crippen LogP contribution in [0.2, 0.25) is 0 Å². The SMILES string of the molecule is COc1cc(/C=c2\sc3nc4ccccc4n3c2=O)cc(I)c1OCc1ccccc1. The smallest absolute Gasteiger partial charge is 0.274 e. The molecule has 0 aliphatic carbocycles. The zero-order valence-corrected chi connectivity index (χ0v) is 19.5. The number of hydrogen-bond donors (Lipinski definition) is 0.